The van der Waals surface area contributed by atoms with Crippen LogP contribution in [0.4, 0.5) is 5.69 Å². The summed E-state index contributed by atoms with van der Waals surface area (Å²) in [6.45, 7) is 0. The molecule has 0 atom stereocenters. The summed E-state index contributed by atoms with van der Waals surface area (Å²) >= 11 is 13.1. The predicted octanol–water partition coefficient (Wildman–Crippen LogP) is 3.94. The summed E-state index contributed by atoms with van der Waals surface area (Å²) in [6.07, 6.45) is 0.243. The Hall–Kier alpha value is -1.23. The molecule has 0 fully saturated rings. The first kappa shape index (κ1) is 13.2. The summed E-state index contributed by atoms with van der Waals surface area (Å²) < 4.78 is 0. The number of aromatic hydroxyl groups is 1. The highest BCUT2D eigenvalue weighted by atomic mass is 35.5. The fourth-order valence-corrected chi connectivity index (χ4v) is 2.60. The zero-order valence-corrected chi connectivity index (χ0v) is 11.4. The van der Waals surface area contributed by atoms with Crippen molar-refractivity contribution in [3.63, 3.8) is 0 Å². The van der Waals surface area contributed by atoms with Crippen molar-refractivity contribution in [1.29, 1.82) is 0 Å². The SMILES string of the molecule is O=C(Cc1ccsc1)Nc1cc(Cl)cc(Cl)c1O. The van der Waals surface area contributed by atoms with Crippen LogP contribution in [-0.4, -0.2) is 11.0 Å². The van der Waals surface area contributed by atoms with Crippen molar-refractivity contribution in [3.8, 4) is 5.75 Å². The first-order valence-electron chi connectivity index (χ1n) is 5.05. The van der Waals surface area contributed by atoms with E-state index in [-0.39, 0.29) is 28.8 Å². The van der Waals surface area contributed by atoms with Gasteiger partial charge in [0, 0.05) is 5.02 Å². The number of halogens is 2. The zero-order valence-electron chi connectivity index (χ0n) is 9.11. The van der Waals surface area contributed by atoms with Crippen LogP contribution in [0.3, 0.4) is 0 Å². The molecule has 0 bridgehead atoms. The Bertz CT molecular complexity index is 570. The van der Waals surface area contributed by atoms with Crippen LogP contribution in [0.1, 0.15) is 5.56 Å². The fraction of sp³-hybridized carbons (Fsp3) is 0.0833. The Balaban J connectivity index is 2.12. The van der Waals surface area contributed by atoms with Crippen molar-refractivity contribution in [2.75, 3.05) is 5.32 Å². The van der Waals surface area contributed by atoms with Gasteiger partial charge in [0.1, 0.15) is 0 Å². The van der Waals surface area contributed by atoms with Crippen molar-refractivity contribution in [3.05, 3.63) is 44.6 Å². The van der Waals surface area contributed by atoms with Crippen molar-refractivity contribution in [2.24, 2.45) is 0 Å². The van der Waals surface area contributed by atoms with Crippen molar-refractivity contribution in [1.82, 2.24) is 0 Å². The van der Waals surface area contributed by atoms with E-state index in [1.807, 2.05) is 16.8 Å². The van der Waals surface area contributed by atoms with E-state index in [9.17, 15) is 9.90 Å². The number of phenolic OH excluding ortho intramolecular Hbond substituents is 1. The van der Waals surface area contributed by atoms with Gasteiger partial charge in [-0.1, -0.05) is 23.2 Å². The highest BCUT2D eigenvalue weighted by molar-refractivity contribution is 7.08. The summed E-state index contributed by atoms with van der Waals surface area (Å²) in [5.41, 5.74) is 1.14. The molecule has 2 rings (SSSR count). The van der Waals surface area contributed by atoms with Gasteiger partial charge in [-0.3, -0.25) is 4.79 Å². The first-order chi connectivity index (χ1) is 8.56. The second-order valence-electron chi connectivity index (χ2n) is 3.64. The summed E-state index contributed by atoms with van der Waals surface area (Å²) in [5, 5.41) is 16.5. The maximum absolute atomic E-state index is 11.8. The molecule has 6 heteroatoms. The van der Waals surface area contributed by atoms with E-state index in [2.05, 4.69) is 5.32 Å². The lowest BCUT2D eigenvalue weighted by Gasteiger charge is -2.08. The second-order valence-corrected chi connectivity index (χ2v) is 5.26. The highest BCUT2D eigenvalue weighted by Gasteiger charge is 2.11. The van der Waals surface area contributed by atoms with Crippen LogP contribution in [0.5, 0.6) is 5.75 Å². The molecular formula is C12H9Cl2NO2S. The van der Waals surface area contributed by atoms with Gasteiger partial charge in [-0.05, 0) is 34.5 Å². The minimum atomic E-state index is -0.234. The van der Waals surface area contributed by atoms with Crippen LogP contribution in [-0.2, 0) is 11.2 Å². The Labute approximate surface area is 118 Å². The molecule has 2 aromatic rings. The zero-order chi connectivity index (χ0) is 13.1. The molecule has 18 heavy (non-hydrogen) atoms. The normalized spacial score (nSPS) is 10.3. The summed E-state index contributed by atoms with van der Waals surface area (Å²) in [5.74, 6) is -0.415. The Morgan fingerprint density at radius 1 is 1.39 bits per heavy atom. The number of amides is 1. The quantitative estimate of drug-likeness (QED) is 0.844. The van der Waals surface area contributed by atoms with Gasteiger partial charge in [0.15, 0.2) is 5.75 Å². The fourth-order valence-electron chi connectivity index (χ4n) is 1.43. The maximum atomic E-state index is 11.8. The van der Waals surface area contributed by atoms with Gasteiger partial charge in [0.25, 0.3) is 0 Å². The Kier molecular flexibility index (Phi) is 4.11. The van der Waals surface area contributed by atoms with Gasteiger partial charge in [0.2, 0.25) is 5.91 Å². The third-order valence-corrected chi connectivity index (χ3v) is 3.49. The number of thiophene rings is 1. The molecule has 1 amide bonds. The van der Waals surface area contributed by atoms with E-state index in [0.717, 1.165) is 5.56 Å². The number of hydrogen-bond donors (Lipinski definition) is 2. The lowest BCUT2D eigenvalue weighted by atomic mass is 10.2. The average molecular weight is 302 g/mol. The van der Waals surface area contributed by atoms with Gasteiger partial charge < -0.3 is 10.4 Å². The van der Waals surface area contributed by atoms with Gasteiger partial charge in [-0.2, -0.15) is 11.3 Å². The largest absolute Gasteiger partial charge is 0.504 e. The second kappa shape index (κ2) is 5.61. The minimum absolute atomic E-state index is 0.105. The number of hydrogen-bond acceptors (Lipinski definition) is 3. The number of nitrogens with one attached hydrogen (secondary N) is 1. The number of carbonyl (C=O) groups is 1. The van der Waals surface area contributed by atoms with Crippen LogP contribution < -0.4 is 5.32 Å². The lowest BCUT2D eigenvalue weighted by Crippen LogP contribution is -2.14. The van der Waals surface area contributed by atoms with Gasteiger partial charge in [0.05, 0.1) is 17.1 Å². The van der Waals surface area contributed by atoms with E-state index >= 15 is 0 Å². The van der Waals surface area contributed by atoms with Crippen LogP contribution in [0.15, 0.2) is 29.0 Å². The molecule has 3 nitrogen and oxygen atoms in total. The monoisotopic (exact) mass is 301 g/mol. The molecule has 1 aromatic carbocycles. The topological polar surface area (TPSA) is 49.3 Å². The lowest BCUT2D eigenvalue weighted by molar-refractivity contribution is -0.115. The van der Waals surface area contributed by atoms with Crippen LogP contribution in [0, 0.1) is 0 Å². The van der Waals surface area contributed by atoms with Gasteiger partial charge in [-0.15, -0.1) is 0 Å². The number of carbonyl (C=O) groups excluding carboxylic acids is 1. The van der Waals surface area contributed by atoms with Crippen molar-refractivity contribution >= 4 is 46.1 Å². The number of phenols is 1. The summed E-state index contributed by atoms with van der Waals surface area (Å²) in [7, 11) is 0. The minimum Gasteiger partial charge on any atom is -0.504 e. The van der Waals surface area contributed by atoms with E-state index in [1.54, 1.807) is 0 Å². The van der Waals surface area contributed by atoms with Crippen LogP contribution >= 0.6 is 34.5 Å². The molecule has 0 radical (unpaired) electrons. The van der Waals surface area contributed by atoms with E-state index in [1.165, 1.54) is 23.5 Å². The van der Waals surface area contributed by atoms with Crippen molar-refractivity contribution in [2.45, 2.75) is 6.42 Å². The third kappa shape index (κ3) is 3.16. The van der Waals surface area contributed by atoms with Crippen LogP contribution in [0.25, 0.3) is 0 Å². The molecule has 0 spiro atoms. The predicted molar refractivity (Wildman–Crippen MR) is 74.8 cm³/mol. The standard InChI is InChI=1S/C12H9Cl2NO2S/c13-8-4-9(14)12(17)10(5-8)15-11(16)3-7-1-2-18-6-7/h1-2,4-6,17H,3H2,(H,15,16). The molecule has 0 aliphatic heterocycles. The number of benzene rings is 1. The summed E-state index contributed by atoms with van der Waals surface area (Å²) in [6, 6.07) is 4.73. The van der Waals surface area contributed by atoms with Crippen LogP contribution in [0.2, 0.25) is 10.0 Å². The van der Waals surface area contributed by atoms with E-state index in [0.29, 0.717) is 5.02 Å². The maximum Gasteiger partial charge on any atom is 0.228 e. The molecule has 0 unspecified atom stereocenters. The average Bonchev–Trinajstić information content (AvgIpc) is 2.77. The van der Waals surface area contributed by atoms with Gasteiger partial charge in [-0.25, -0.2) is 0 Å². The molecule has 0 saturated carbocycles. The third-order valence-electron chi connectivity index (χ3n) is 2.25. The Morgan fingerprint density at radius 3 is 2.83 bits per heavy atom. The van der Waals surface area contributed by atoms with Gasteiger partial charge >= 0.3 is 0 Å². The molecule has 94 valence electrons. The number of rotatable bonds is 3. The molecule has 1 heterocycles. The van der Waals surface area contributed by atoms with E-state index in [4.69, 9.17) is 23.2 Å². The van der Waals surface area contributed by atoms with E-state index < -0.39 is 0 Å². The molecule has 0 saturated heterocycles. The Morgan fingerprint density at radius 2 is 2.17 bits per heavy atom. The number of anilines is 1. The first-order valence-corrected chi connectivity index (χ1v) is 6.75. The molecule has 0 aliphatic carbocycles. The molecular weight excluding hydrogens is 293 g/mol. The molecule has 1 aromatic heterocycles. The molecule has 0 aliphatic rings. The molecule has 2 N–H and O–H groups in total. The van der Waals surface area contributed by atoms with Crippen molar-refractivity contribution < 1.29 is 9.90 Å². The smallest absolute Gasteiger partial charge is 0.228 e. The highest BCUT2D eigenvalue weighted by Crippen LogP contribution is 2.35. The summed E-state index contributed by atoms with van der Waals surface area (Å²) in [4.78, 5) is 11.8.